The Morgan fingerprint density at radius 2 is 2.08 bits per heavy atom. The van der Waals surface area contributed by atoms with Crippen LogP contribution in [-0.4, -0.2) is 37.7 Å². The maximum absolute atomic E-state index is 13.1. The van der Waals surface area contributed by atoms with Gasteiger partial charge in [-0.05, 0) is 24.3 Å². The standard InChI is InChI=1S/C19H21N3O3/c1-24-13-8-9-14(16(12-13)25-2)18-21-11-5-6-15(21)19(23)22(18)17-7-3-4-10-20-17/h3-4,7-10,12,15,18H,5-6,11H2,1-2H3/p+1. The first-order valence-electron chi connectivity index (χ1n) is 8.56. The Labute approximate surface area is 147 Å². The third-order valence-corrected chi connectivity index (χ3v) is 5.18. The molecule has 2 saturated heterocycles. The number of aromatic nitrogens is 1. The van der Waals surface area contributed by atoms with Crippen molar-refractivity contribution in [2.75, 3.05) is 25.7 Å². The molecule has 3 atom stereocenters. The number of methoxy groups -OCH3 is 2. The van der Waals surface area contributed by atoms with Crippen LogP contribution >= 0.6 is 0 Å². The molecule has 6 nitrogen and oxygen atoms in total. The minimum atomic E-state index is -0.129. The van der Waals surface area contributed by atoms with Crippen LogP contribution in [0.5, 0.6) is 11.5 Å². The molecule has 0 radical (unpaired) electrons. The Balaban J connectivity index is 1.83. The Bertz CT molecular complexity index is 781. The molecule has 130 valence electrons. The smallest absolute Gasteiger partial charge is 0.291 e. The molecule has 1 aromatic carbocycles. The molecular formula is C19H22N3O3+. The average Bonchev–Trinajstić information content (AvgIpc) is 3.24. The zero-order valence-electron chi connectivity index (χ0n) is 14.4. The fourth-order valence-electron chi connectivity index (χ4n) is 4.06. The lowest BCUT2D eigenvalue weighted by molar-refractivity contribution is -0.924. The van der Waals surface area contributed by atoms with Gasteiger partial charge in [-0.25, -0.2) is 9.88 Å². The molecule has 3 unspecified atom stereocenters. The van der Waals surface area contributed by atoms with Gasteiger partial charge in [0.05, 0.1) is 26.3 Å². The number of amides is 1. The molecule has 0 aliphatic carbocycles. The topological polar surface area (TPSA) is 56.1 Å². The second-order valence-electron chi connectivity index (χ2n) is 6.43. The van der Waals surface area contributed by atoms with Gasteiger partial charge in [0.15, 0.2) is 6.04 Å². The van der Waals surface area contributed by atoms with Crippen LogP contribution in [0.25, 0.3) is 0 Å². The number of nitrogens with one attached hydrogen (secondary N) is 1. The zero-order chi connectivity index (χ0) is 17.4. The van der Waals surface area contributed by atoms with E-state index < -0.39 is 0 Å². The van der Waals surface area contributed by atoms with Crippen LogP contribution in [-0.2, 0) is 4.79 Å². The third-order valence-electron chi connectivity index (χ3n) is 5.18. The van der Waals surface area contributed by atoms with Gasteiger partial charge in [0, 0.05) is 25.1 Å². The van der Waals surface area contributed by atoms with Crippen LogP contribution < -0.4 is 19.3 Å². The third kappa shape index (κ3) is 2.53. The van der Waals surface area contributed by atoms with Crippen molar-refractivity contribution in [2.24, 2.45) is 0 Å². The maximum Gasteiger partial charge on any atom is 0.291 e. The number of hydrogen-bond donors (Lipinski definition) is 1. The van der Waals surface area contributed by atoms with Gasteiger partial charge in [-0.3, -0.25) is 4.79 Å². The van der Waals surface area contributed by atoms with Crippen molar-refractivity contribution < 1.29 is 19.2 Å². The number of benzene rings is 1. The van der Waals surface area contributed by atoms with Gasteiger partial charge in [0.2, 0.25) is 6.17 Å². The van der Waals surface area contributed by atoms with E-state index in [1.165, 1.54) is 4.90 Å². The Kier molecular flexibility index (Phi) is 4.05. The van der Waals surface area contributed by atoms with Gasteiger partial charge in [-0.2, -0.15) is 0 Å². The van der Waals surface area contributed by atoms with Crippen LogP contribution in [0.15, 0.2) is 42.6 Å². The van der Waals surface area contributed by atoms with E-state index in [-0.39, 0.29) is 18.1 Å². The number of nitrogens with zero attached hydrogens (tertiary/aromatic N) is 2. The fraction of sp³-hybridized carbons (Fsp3) is 0.368. The van der Waals surface area contributed by atoms with Crippen molar-refractivity contribution in [2.45, 2.75) is 25.0 Å². The summed E-state index contributed by atoms with van der Waals surface area (Å²) >= 11 is 0. The van der Waals surface area contributed by atoms with E-state index in [4.69, 9.17) is 9.47 Å². The highest BCUT2D eigenvalue weighted by Crippen LogP contribution is 2.35. The maximum atomic E-state index is 13.1. The number of anilines is 1. The molecule has 4 rings (SSSR count). The molecule has 2 aliphatic rings. The number of pyridine rings is 1. The van der Waals surface area contributed by atoms with Crippen LogP contribution in [0.3, 0.4) is 0 Å². The molecular weight excluding hydrogens is 318 g/mol. The number of hydrogen-bond acceptors (Lipinski definition) is 4. The van der Waals surface area contributed by atoms with Gasteiger partial charge in [0.1, 0.15) is 17.3 Å². The first-order valence-corrected chi connectivity index (χ1v) is 8.56. The first-order chi connectivity index (χ1) is 12.2. The van der Waals surface area contributed by atoms with Crippen molar-refractivity contribution in [1.82, 2.24) is 4.98 Å². The first kappa shape index (κ1) is 15.9. The van der Waals surface area contributed by atoms with Crippen molar-refractivity contribution in [3.05, 3.63) is 48.2 Å². The molecule has 1 N–H and O–H groups in total. The van der Waals surface area contributed by atoms with Gasteiger partial charge in [-0.15, -0.1) is 0 Å². The van der Waals surface area contributed by atoms with E-state index in [9.17, 15) is 4.79 Å². The van der Waals surface area contributed by atoms with Gasteiger partial charge < -0.3 is 14.4 Å². The van der Waals surface area contributed by atoms with E-state index in [1.54, 1.807) is 20.4 Å². The van der Waals surface area contributed by atoms with Gasteiger partial charge in [0.25, 0.3) is 5.91 Å². The number of ether oxygens (including phenoxy) is 2. The van der Waals surface area contributed by atoms with E-state index in [2.05, 4.69) is 4.98 Å². The number of quaternary nitrogens is 1. The minimum Gasteiger partial charge on any atom is -0.497 e. The summed E-state index contributed by atoms with van der Waals surface area (Å²) in [5.74, 6) is 2.31. The molecule has 2 aromatic rings. The largest absolute Gasteiger partial charge is 0.497 e. The van der Waals surface area contributed by atoms with Gasteiger partial charge >= 0.3 is 0 Å². The summed E-state index contributed by atoms with van der Waals surface area (Å²) in [4.78, 5) is 20.6. The van der Waals surface area contributed by atoms with Crippen LogP contribution in [0.1, 0.15) is 24.6 Å². The van der Waals surface area contributed by atoms with E-state index in [1.807, 2.05) is 41.3 Å². The summed E-state index contributed by atoms with van der Waals surface area (Å²) in [5, 5.41) is 0. The predicted molar refractivity (Wildman–Crippen MR) is 92.9 cm³/mol. The number of carbonyl (C=O) groups is 1. The van der Waals surface area contributed by atoms with Crippen LogP contribution in [0.2, 0.25) is 0 Å². The zero-order valence-corrected chi connectivity index (χ0v) is 14.4. The molecule has 2 fully saturated rings. The summed E-state index contributed by atoms with van der Waals surface area (Å²) in [6, 6.07) is 11.5. The Hall–Kier alpha value is -2.60. The predicted octanol–water partition coefficient (Wildman–Crippen LogP) is 1.19. The lowest BCUT2D eigenvalue weighted by Crippen LogP contribution is -3.12. The van der Waals surface area contributed by atoms with Crippen molar-refractivity contribution in [1.29, 1.82) is 0 Å². The van der Waals surface area contributed by atoms with Crippen molar-refractivity contribution >= 4 is 11.7 Å². The highest BCUT2D eigenvalue weighted by Gasteiger charge is 2.54. The summed E-state index contributed by atoms with van der Waals surface area (Å²) in [6.07, 6.45) is 3.59. The second kappa shape index (κ2) is 6.37. The number of fused-ring (bicyclic) bond motifs is 1. The summed E-state index contributed by atoms with van der Waals surface area (Å²) in [5.41, 5.74) is 0.988. The molecule has 6 heteroatoms. The van der Waals surface area contributed by atoms with Crippen molar-refractivity contribution in [3.8, 4) is 11.5 Å². The van der Waals surface area contributed by atoms with Crippen LogP contribution in [0, 0.1) is 0 Å². The SMILES string of the molecule is COc1ccc(C2N(c3ccccn3)C(=O)C3CCC[NH+]32)c(OC)c1. The molecule has 0 bridgehead atoms. The fourth-order valence-corrected chi connectivity index (χ4v) is 4.06. The minimum absolute atomic E-state index is 0.00110. The lowest BCUT2D eigenvalue weighted by atomic mass is 10.1. The monoisotopic (exact) mass is 340 g/mol. The molecule has 0 spiro atoms. The van der Waals surface area contributed by atoms with E-state index in [0.29, 0.717) is 5.82 Å². The molecule has 3 heterocycles. The van der Waals surface area contributed by atoms with E-state index >= 15 is 0 Å². The number of rotatable bonds is 4. The summed E-state index contributed by atoms with van der Waals surface area (Å²) in [6.45, 7) is 0.972. The summed E-state index contributed by atoms with van der Waals surface area (Å²) in [7, 11) is 3.28. The molecule has 2 aliphatic heterocycles. The molecule has 1 amide bonds. The highest BCUT2D eigenvalue weighted by molar-refractivity contribution is 5.97. The molecule has 25 heavy (non-hydrogen) atoms. The normalized spacial score (nSPS) is 25.1. The second-order valence-corrected chi connectivity index (χ2v) is 6.43. The summed E-state index contributed by atoms with van der Waals surface area (Å²) < 4.78 is 10.9. The molecule has 0 saturated carbocycles. The highest BCUT2D eigenvalue weighted by atomic mass is 16.5. The Morgan fingerprint density at radius 3 is 2.80 bits per heavy atom. The number of carbonyl (C=O) groups excluding carboxylic acids is 1. The van der Waals surface area contributed by atoms with E-state index in [0.717, 1.165) is 36.4 Å². The van der Waals surface area contributed by atoms with Crippen LogP contribution in [0.4, 0.5) is 5.82 Å². The lowest BCUT2D eigenvalue weighted by Gasteiger charge is -2.27. The quantitative estimate of drug-likeness (QED) is 0.908. The molecule has 1 aromatic heterocycles. The average molecular weight is 340 g/mol. The van der Waals surface area contributed by atoms with Gasteiger partial charge in [-0.1, -0.05) is 6.07 Å². The Morgan fingerprint density at radius 1 is 1.20 bits per heavy atom. The van der Waals surface area contributed by atoms with Crippen molar-refractivity contribution in [3.63, 3.8) is 0 Å².